The van der Waals surface area contributed by atoms with Crippen molar-refractivity contribution in [1.29, 1.82) is 0 Å². The van der Waals surface area contributed by atoms with Gasteiger partial charge in [0.05, 0.1) is 0 Å². The van der Waals surface area contributed by atoms with Gasteiger partial charge in [0.2, 0.25) is 0 Å². The summed E-state index contributed by atoms with van der Waals surface area (Å²) in [5, 5.41) is 0. The molecule has 160 valence electrons. The zero-order chi connectivity index (χ0) is 19.9. The SMILES string of the molecule is C[SiH](C)[Zr+]([C]1=CC=CC1)[C]1=CC=CC1.C[SiH](C)[Zr+]([C]1=CC=CC1)[C]1=CC=CC1.[Cl-].[Cl-]. The first kappa shape index (κ1) is 28.7. The van der Waals surface area contributed by atoms with Crippen molar-refractivity contribution in [2.45, 2.75) is 51.9 Å². The van der Waals surface area contributed by atoms with E-state index in [1.165, 1.54) is 25.7 Å². The van der Waals surface area contributed by atoms with E-state index in [0.29, 0.717) is 0 Å². The number of hydrogen-bond donors (Lipinski definition) is 0. The number of allylic oxidation sites excluding steroid dienone is 16. The summed E-state index contributed by atoms with van der Waals surface area (Å²) in [4.78, 5) is 0. The van der Waals surface area contributed by atoms with Gasteiger partial charge in [-0.15, -0.1) is 0 Å². The van der Waals surface area contributed by atoms with Crippen molar-refractivity contribution in [1.82, 2.24) is 0 Å². The summed E-state index contributed by atoms with van der Waals surface area (Å²) in [6, 6.07) is 0. The molecule has 0 unspecified atom stereocenters. The van der Waals surface area contributed by atoms with E-state index in [4.69, 9.17) is 0 Å². The van der Waals surface area contributed by atoms with E-state index >= 15 is 0 Å². The smallest absolute Gasteiger partial charge is 1.00 e. The molecular formula is C24H34Cl2Si2Zr2. The van der Waals surface area contributed by atoms with Crippen molar-refractivity contribution >= 4 is 11.8 Å². The van der Waals surface area contributed by atoms with Gasteiger partial charge in [0, 0.05) is 0 Å². The van der Waals surface area contributed by atoms with Crippen molar-refractivity contribution < 1.29 is 66.6 Å². The van der Waals surface area contributed by atoms with Crippen LogP contribution in [0.5, 0.6) is 0 Å². The van der Waals surface area contributed by atoms with Gasteiger partial charge in [0.1, 0.15) is 0 Å². The minimum absolute atomic E-state index is 0. The molecule has 0 saturated heterocycles. The van der Waals surface area contributed by atoms with Crippen molar-refractivity contribution in [2.24, 2.45) is 0 Å². The van der Waals surface area contributed by atoms with Gasteiger partial charge in [-0.3, -0.25) is 0 Å². The topological polar surface area (TPSA) is 0 Å². The van der Waals surface area contributed by atoms with Gasteiger partial charge in [0.15, 0.2) is 0 Å². The maximum Gasteiger partial charge on any atom is -1.00 e. The third-order valence-corrected chi connectivity index (χ3v) is 44.2. The molecule has 4 aliphatic rings. The molecule has 0 amide bonds. The molecular weight excluding hydrogens is 598 g/mol. The Kier molecular flexibility index (Phi) is 14.1. The number of halogens is 2. The van der Waals surface area contributed by atoms with Crippen LogP contribution in [-0.4, -0.2) is 11.8 Å². The molecule has 0 heterocycles. The van der Waals surface area contributed by atoms with Gasteiger partial charge in [0.25, 0.3) is 0 Å². The molecule has 0 atom stereocenters. The average Bonchev–Trinajstić information content (AvgIpc) is 3.46. The van der Waals surface area contributed by atoms with Crippen LogP contribution >= 0.6 is 0 Å². The maximum absolute atomic E-state index is 2.55. The predicted molar refractivity (Wildman–Crippen MR) is 125 cm³/mol. The van der Waals surface area contributed by atoms with Gasteiger partial charge in [-0.05, 0) is 0 Å². The molecule has 0 aromatic rings. The van der Waals surface area contributed by atoms with Gasteiger partial charge < -0.3 is 24.8 Å². The Morgan fingerprint density at radius 1 is 0.500 bits per heavy atom. The summed E-state index contributed by atoms with van der Waals surface area (Å²) in [6.45, 7) is 10.2. The molecule has 4 aliphatic carbocycles. The molecule has 0 aromatic carbocycles. The molecule has 0 nitrogen and oxygen atoms in total. The Hall–Kier alpha value is 0.700. The van der Waals surface area contributed by atoms with Crippen LogP contribution in [0.25, 0.3) is 0 Å². The van der Waals surface area contributed by atoms with Crippen molar-refractivity contribution in [3.05, 3.63) is 86.0 Å². The number of hydrogen-bond acceptors (Lipinski definition) is 0. The fourth-order valence-corrected chi connectivity index (χ4v) is 42.5. The van der Waals surface area contributed by atoms with Crippen molar-refractivity contribution in [2.75, 3.05) is 0 Å². The zero-order valence-electron chi connectivity index (χ0n) is 18.7. The molecule has 0 aromatic heterocycles. The van der Waals surface area contributed by atoms with Crippen LogP contribution in [0.2, 0.25) is 26.2 Å². The van der Waals surface area contributed by atoms with Crippen LogP contribution in [0.1, 0.15) is 25.7 Å². The summed E-state index contributed by atoms with van der Waals surface area (Å²) in [6.07, 6.45) is 33.1. The molecule has 30 heavy (non-hydrogen) atoms. The quantitative estimate of drug-likeness (QED) is 0.376. The van der Waals surface area contributed by atoms with Crippen LogP contribution in [0.4, 0.5) is 0 Å². The maximum atomic E-state index is 2.55. The molecule has 0 radical (unpaired) electrons. The standard InChI is InChI=1S/4C5H5.2C2H7Si.2ClH.2Zr/c4*1-2-4-5-3-1;2*1-3-2;;;;/h4*1-3H,4H2;2*3H,1-2H3;2*1H;;/q;;;;;;;;2*+1/p-2. The summed E-state index contributed by atoms with van der Waals surface area (Å²) in [7, 11) is 0. The third-order valence-electron chi connectivity index (χ3n) is 5.62. The second-order valence-corrected chi connectivity index (χ2v) is 47.3. The summed E-state index contributed by atoms with van der Waals surface area (Å²) >= 11 is -2.58. The van der Waals surface area contributed by atoms with Crippen LogP contribution in [0, 0.1) is 0 Å². The van der Waals surface area contributed by atoms with Crippen LogP contribution < -0.4 is 24.8 Å². The fourth-order valence-electron chi connectivity index (χ4n) is 4.48. The van der Waals surface area contributed by atoms with Crippen molar-refractivity contribution in [3.63, 3.8) is 0 Å². The number of rotatable bonds is 6. The van der Waals surface area contributed by atoms with E-state index < -0.39 is 53.7 Å². The molecule has 0 aliphatic heterocycles. The van der Waals surface area contributed by atoms with E-state index in [1.54, 1.807) is 0 Å². The summed E-state index contributed by atoms with van der Waals surface area (Å²) in [5.74, 6) is -0.823. The average molecular weight is 632 g/mol. The summed E-state index contributed by atoms with van der Waals surface area (Å²) < 4.78 is 7.40. The van der Waals surface area contributed by atoms with E-state index in [9.17, 15) is 0 Å². The Morgan fingerprint density at radius 2 is 0.733 bits per heavy atom. The minimum Gasteiger partial charge on any atom is -1.00 e. The van der Waals surface area contributed by atoms with Gasteiger partial charge in [-0.25, -0.2) is 0 Å². The Balaban J connectivity index is 0.000000281. The second-order valence-electron chi connectivity index (χ2n) is 8.43. The first-order valence-electron chi connectivity index (χ1n) is 10.8. The molecule has 6 heteroatoms. The predicted octanol–water partition coefficient (Wildman–Crippen LogP) is 0.559. The van der Waals surface area contributed by atoms with E-state index in [-0.39, 0.29) is 24.8 Å². The second kappa shape index (κ2) is 14.8. The summed E-state index contributed by atoms with van der Waals surface area (Å²) in [5.41, 5.74) is 0. The normalized spacial score (nSPS) is 17.8. The molecule has 0 N–H and O–H groups in total. The third kappa shape index (κ3) is 7.93. The Bertz CT molecular complexity index is 687. The van der Waals surface area contributed by atoms with Crippen LogP contribution in [0.15, 0.2) is 86.0 Å². The molecule has 0 fully saturated rings. The van der Waals surface area contributed by atoms with Crippen LogP contribution in [-0.2, 0) is 41.8 Å². The molecule has 4 rings (SSSR count). The molecule has 0 bridgehead atoms. The first-order chi connectivity index (χ1) is 13.6. The van der Waals surface area contributed by atoms with Gasteiger partial charge >= 0.3 is 192 Å². The van der Waals surface area contributed by atoms with E-state index in [1.807, 2.05) is 13.1 Å². The largest absolute Gasteiger partial charge is 1.00 e. The fraction of sp³-hybridized carbons (Fsp3) is 0.333. The molecule has 0 spiro atoms. The monoisotopic (exact) mass is 628 g/mol. The minimum atomic E-state index is -1.29. The van der Waals surface area contributed by atoms with Crippen LogP contribution in [0.3, 0.4) is 0 Å². The van der Waals surface area contributed by atoms with Gasteiger partial charge in [-0.1, -0.05) is 0 Å². The first-order valence-corrected chi connectivity index (χ1v) is 30.0. The zero-order valence-corrected chi connectivity index (χ0v) is 27.4. The van der Waals surface area contributed by atoms with Crippen molar-refractivity contribution in [3.8, 4) is 0 Å². The van der Waals surface area contributed by atoms with Gasteiger partial charge in [-0.2, -0.15) is 0 Å². The molecule has 0 saturated carbocycles. The van der Waals surface area contributed by atoms with E-state index in [2.05, 4.69) is 99.1 Å². The Labute approximate surface area is 214 Å². The van der Waals surface area contributed by atoms with E-state index in [0.717, 1.165) is 0 Å². The Morgan fingerprint density at radius 3 is 0.867 bits per heavy atom.